The quantitative estimate of drug-likeness (QED) is 0.715. The van der Waals surface area contributed by atoms with Crippen LogP contribution in [0.15, 0.2) is 24.3 Å². The van der Waals surface area contributed by atoms with Gasteiger partial charge in [-0.25, -0.2) is 0 Å². The minimum atomic E-state index is -0.503. The maximum Gasteiger partial charge on any atom is 0.260 e. The van der Waals surface area contributed by atoms with E-state index in [0.717, 1.165) is 18.7 Å². The molecule has 0 aliphatic rings. The molecule has 0 fully saturated rings. The van der Waals surface area contributed by atoms with Crippen molar-refractivity contribution in [2.45, 2.75) is 52.6 Å². The number of nitrogens with one attached hydrogen (secondary N) is 1. The zero-order valence-corrected chi connectivity index (χ0v) is 14.2. The second-order valence-electron chi connectivity index (χ2n) is 5.60. The summed E-state index contributed by atoms with van der Waals surface area (Å²) in [6, 6.07) is 7.24. The van der Waals surface area contributed by atoms with Crippen molar-refractivity contribution >= 4 is 5.91 Å². The largest absolute Gasteiger partial charge is 0.497 e. The fourth-order valence-electron chi connectivity index (χ4n) is 2.24. The Morgan fingerprint density at radius 1 is 1.18 bits per heavy atom. The zero-order valence-electron chi connectivity index (χ0n) is 14.2. The summed E-state index contributed by atoms with van der Waals surface area (Å²) in [6.45, 7) is 6.86. The van der Waals surface area contributed by atoms with E-state index < -0.39 is 6.10 Å². The van der Waals surface area contributed by atoms with Crippen molar-refractivity contribution in [1.82, 2.24) is 5.32 Å². The van der Waals surface area contributed by atoms with E-state index in [1.807, 2.05) is 12.1 Å². The van der Waals surface area contributed by atoms with E-state index >= 15 is 0 Å². The monoisotopic (exact) mass is 307 g/mol. The van der Waals surface area contributed by atoms with Gasteiger partial charge in [0.15, 0.2) is 6.10 Å². The van der Waals surface area contributed by atoms with Crippen LogP contribution in [0.2, 0.25) is 0 Å². The average molecular weight is 307 g/mol. The molecule has 22 heavy (non-hydrogen) atoms. The molecule has 0 unspecified atom stereocenters. The van der Waals surface area contributed by atoms with Gasteiger partial charge in [0.05, 0.1) is 7.11 Å². The van der Waals surface area contributed by atoms with Crippen molar-refractivity contribution in [2.75, 3.05) is 13.7 Å². The minimum absolute atomic E-state index is 0.0641. The van der Waals surface area contributed by atoms with Crippen molar-refractivity contribution in [2.24, 2.45) is 5.92 Å². The summed E-state index contributed by atoms with van der Waals surface area (Å²) in [4.78, 5) is 12.1. The Morgan fingerprint density at radius 3 is 2.36 bits per heavy atom. The number of methoxy groups -OCH3 is 1. The molecule has 0 aliphatic heterocycles. The molecule has 0 radical (unpaired) electrons. The van der Waals surface area contributed by atoms with Crippen molar-refractivity contribution < 1.29 is 14.3 Å². The lowest BCUT2D eigenvalue weighted by atomic mass is 9.99. The molecule has 124 valence electrons. The Bertz CT molecular complexity index is 430. The molecule has 1 rings (SSSR count). The molecular weight excluding hydrogens is 278 g/mol. The number of carbonyl (C=O) groups is 1. The third-order valence-corrected chi connectivity index (χ3v) is 3.85. The smallest absolute Gasteiger partial charge is 0.260 e. The summed E-state index contributed by atoms with van der Waals surface area (Å²) in [5.41, 5.74) is 0. The molecule has 0 saturated heterocycles. The molecule has 0 saturated carbocycles. The fraction of sp³-hybridized carbons (Fsp3) is 0.611. The number of rotatable bonds is 10. The van der Waals surface area contributed by atoms with Crippen LogP contribution in [0.25, 0.3) is 0 Å². The van der Waals surface area contributed by atoms with E-state index in [9.17, 15) is 4.79 Å². The van der Waals surface area contributed by atoms with Crippen LogP contribution in [-0.4, -0.2) is 25.7 Å². The second kappa shape index (κ2) is 10.1. The van der Waals surface area contributed by atoms with Crippen molar-refractivity contribution in [3.05, 3.63) is 24.3 Å². The van der Waals surface area contributed by atoms with E-state index in [2.05, 4.69) is 19.2 Å². The van der Waals surface area contributed by atoms with E-state index in [4.69, 9.17) is 9.47 Å². The first-order valence-electron chi connectivity index (χ1n) is 8.19. The SMILES string of the molecule is CCCC[C@H](CC)CNC(=O)[C@H](C)Oc1ccc(OC)cc1. The number of hydrogen-bond acceptors (Lipinski definition) is 3. The fourth-order valence-corrected chi connectivity index (χ4v) is 2.24. The molecular formula is C18H29NO3. The lowest BCUT2D eigenvalue weighted by Crippen LogP contribution is -2.38. The third kappa shape index (κ3) is 6.37. The molecule has 0 spiro atoms. The highest BCUT2D eigenvalue weighted by atomic mass is 16.5. The second-order valence-corrected chi connectivity index (χ2v) is 5.60. The summed E-state index contributed by atoms with van der Waals surface area (Å²) >= 11 is 0. The molecule has 1 amide bonds. The van der Waals surface area contributed by atoms with Gasteiger partial charge in [0.2, 0.25) is 0 Å². The lowest BCUT2D eigenvalue weighted by molar-refractivity contribution is -0.127. The van der Waals surface area contributed by atoms with Gasteiger partial charge in [-0.1, -0.05) is 33.1 Å². The van der Waals surface area contributed by atoms with Crippen LogP contribution < -0.4 is 14.8 Å². The maximum atomic E-state index is 12.1. The first-order chi connectivity index (χ1) is 10.6. The predicted molar refractivity (Wildman–Crippen MR) is 89.4 cm³/mol. The van der Waals surface area contributed by atoms with Crippen molar-refractivity contribution in [1.29, 1.82) is 0 Å². The van der Waals surface area contributed by atoms with Crippen molar-refractivity contribution in [3.63, 3.8) is 0 Å². The summed E-state index contributed by atoms with van der Waals surface area (Å²) in [5, 5.41) is 3.00. The van der Waals surface area contributed by atoms with Crippen LogP contribution in [0, 0.1) is 5.92 Å². The normalized spacial score (nSPS) is 13.3. The number of hydrogen-bond donors (Lipinski definition) is 1. The summed E-state index contributed by atoms with van der Waals surface area (Å²) in [5.74, 6) is 1.93. The van der Waals surface area contributed by atoms with Gasteiger partial charge in [-0.15, -0.1) is 0 Å². The van der Waals surface area contributed by atoms with Gasteiger partial charge in [0, 0.05) is 6.54 Å². The highest BCUT2D eigenvalue weighted by Gasteiger charge is 2.16. The van der Waals surface area contributed by atoms with Gasteiger partial charge in [-0.3, -0.25) is 4.79 Å². The summed E-state index contributed by atoms with van der Waals surface area (Å²) in [7, 11) is 1.62. The Morgan fingerprint density at radius 2 is 1.82 bits per heavy atom. The predicted octanol–water partition coefficient (Wildman–Crippen LogP) is 3.80. The van der Waals surface area contributed by atoms with Crippen LogP contribution in [0.1, 0.15) is 46.5 Å². The number of unbranched alkanes of at least 4 members (excludes halogenated alkanes) is 1. The number of carbonyl (C=O) groups excluding carboxylic acids is 1. The molecule has 1 aromatic rings. The Balaban J connectivity index is 2.40. The van der Waals surface area contributed by atoms with Crippen LogP contribution in [-0.2, 0) is 4.79 Å². The number of amides is 1. The van der Waals surface area contributed by atoms with Crippen LogP contribution >= 0.6 is 0 Å². The lowest BCUT2D eigenvalue weighted by Gasteiger charge is -2.18. The first-order valence-corrected chi connectivity index (χ1v) is 8.19. The van der Waals surface area contributed by atoms with Crippen LogP contribution in [0.4, 0.5) is 0 Å². The molecule has 4 heteroatoms. The van der Waals surface area contributed by atoms with Gasteiger partial charge in [0.1, 0.15) is 11.5 Å². The topological polar surface area (TPSA) is 47.6 Å². The minimum Gasteiger partial charge on any atom is -0.497 e. The maximum absolute atomic E-state index is 12.1. The van der Waals surface area contributed by atoms with Gasteiger partial charge < -0.3 is 14.8 Å². The van der Waals surface area contributed by atoms with Crippen LogP contribution in [0.3, 0.4) is 0 Å². The highest BCUT2D eigenvalue weighted by Crippen LogP contribution is 2.18. The van der Waals surface area contributed by atoms with Gasteiger partial charge in [-0.05, 0) is 43.5 Å². The first kappa shape index (κ1) is 18.3. The summed E-state index contributed by atoms with van der Waals surface area (Å²) < 4.78 is 10.8. The van der Waals surface area contributed by atoms with E-state index in [1.54, 1.807) is 26.2 Å². The van der Waals surface area contributed by atoms with Crippen LogP contribution in [0.5, 0.6) is 11.5 Å². The zero-order chi connectivity index (χ0) is 16.4. The molecule has 1 aromatic carbocycles. The molecule has 0 bridgehead atoms. The number of benzene rings is 1. The van der Waals surface area contributed by atoms with E-state index in [1.165, 1.54) is 19.3 Å². The Labute approximate surface area is 134 Å². The molecule has 0 aliphatic carbocycles. The van der Waals surface area contributed by atoms with Crippen molar-refractivity contribution in [3.8, 4) is 11.5 Å². The molecule has 0 aromatic heterocycles. The van der Waals surface area contributed by atoms with E-state index in [0.29, 0.717) is 11.7 Å². The van der Waals surface area contributed by atoms with E-state index in [-0.39, 0.29) is 5.91 Å². The molecule has 1 N–H and O–H groups in total. The number of ether oxygens (including phenoxy) is 2. The summed E-state index contributed by atoms with van der Waals surface area (Å²) in [6.07, 6.45) is 4.17. The van der Waals surface area contributed by atoms with Gasteiger partial charge in [0.25, 0.3) is 5.91 Å². The molecule has 4 nitrogen and oxygen atoms in total. The highest BCUT2D eigenvalue weighted by molar-refractivity contribution is 5.80. The third-order valence-electron chi connectivity index (χ3n) is 3.85. The molecule has 2 atom stereocenters. The molecule has 0 heterocycles. The van der Waals surface area contributed by atoms with Gasteiger partial charge >= 0.3 is 0 Å². The standard InChI is InChI=1S/C18H29NO3/c1-5-7-8-15(6-2)13-19-18(20)14(3)22-17-11-9-16(21-4)10-12-17/h9-12,14-15H,5-8,13H2,1-4H3,(H,19,20)/t14-,15-/m0/s1. The van der Waals surface area contributed by atoms with Gasteiger partial charge in [-0.2, -0.15) is 0 Å². The Hall–Kier alpha value is -1.71. The average Bonchev–Trinajstić information content (AvgIpc) is 2.55. The Kier molecular flexibility index (Phi) is 8.41.